The van der Waals surface area contributed by atoms with Crippen LogP contribution < -0.4 is 5.73 Å². The number of carbonyl (C=O) groups is 2. The molecule has 1 saturated heterocycles. The number of esters is 2. The van der Waals surface area contributed by atoms with E-state index < -0.39 is 36.5 Å². The molecule has 3 rings (SSSR count). The van der Waals surface area contributed by atoms with Crippen molar-refractivity contribution in [1.29, 1.82) is 0 Å². The van der Waals surface area contributed by atoms with Crippen LogP contribution in [0.4, 0.5) is 10.2 Å². The van der Waals surface area contributed by atoms with Crippen molar-refractivity contribution in [2.24, 2.45) is 0 Å². The predicted molar refractivity (Wildman–Crippen MR) is 80.7 cm³/mol. The van der Waals surface area contributed by atoms with Gasteiger partial charge < -0.3 is 19.9 Å². The number of fused-ring (bicyclic) bond motifs is 1. The fourth-order valence-electron chi connectivity index (χ4n) is 2.64. The lowest BCUT2D eigenvalue weighted by Crippen LogP contribution is -2.36. The molecule has 134 valence electrons. The summed E-state index contributed by atoms with van der Waals surface area (Å²) in [6, 6.07) is 0. The Kier molecular flexibility index (Phi) is 4.49. The molecular weight excluding hydrogens is 337 g/mol. The predicted octanol–water partition coefficient (Wildman–Crippen LogP) is 0.139. The molecule has 0 bridgehead atoms. The molecule has 1 aliphatic rings. The third-order valence-corrected chi connectivity index (χ3v) is 3.68. The molecule has 0 aromatic carbocycles. The largest absolute Gasteiger partial charge is 0.463 e. The summed E-state index contributed by atoms with van der Waals surface area (Å²) in [6.45, 7) is 2.11. The van der Waals surface area contributed by atoms with E-state index >= 15 is 0 Å². The average Bonchev–Trinajstić information content (AvgIpc) is 3.09. The monoisotopic (exact) mass is 353 g/mol. The number of aromatic nitrogens is 4. The van der Waals surface area contributed by atoms with Gasteiger partial charge in [0.25, 0.3) is 0 Å². The molecule has 3 heterocycles. The van der Waals surface area contributed by atoms with Crippen LogP contribution in [0, 0.1) is 0 Å². The van der Waals surface area contributed by atoms with Crippen LogP contribution in [0.5, 0.6) is 0 Å². The summed E-state index contributed by atoms with van der Waals surface area (Å²) >= 11 is 0. The first kappa shape index (κ1) is 17.0. The van der Waals surface area contributed by atoms with Gasteiger partial charge >= 0.3 is 11.9 Å². The van der Waals surface area contributed by atoms with Crippen LogP contribution in [0.15, 0.2) is 12.7 Å². The lowest BCUT2D eigenvalue weighted by molar-refractivity contribution is -0.156. The highest BCUT2D eigenvalue weighted by Crippen LogP contribution is 2.35. The molecule has 1 aliphatic heterocycles. The Balaban J connectivity index is 1.91. The van der Waals surface area contributed by atoms with E-state index in [4.69, 9.17) is 19.9 Å². The van der Waals surface area contributed by atoms with Crippen LogP contribution in [-0.2, 0) is 23.8 Å². The molecule has 0 aliphatic carbocycles. The first-order valence-electron chi connectivity index (χ1n) is 7.41. The number of hydrogen-bond donors (Lipinski definition) is 1. The minimum Gasteiger partial charge on any atom is -0.463 e. The van der Waals surface area contributed by atoms with Gasteiger partial charge in [0, 0.05) is 13.8 Å². The summed E-state index contributed by atoms with van der Waals surface area (Å²) in [7, 11) is 0. The zero-order valence-electron chi connectivity index (χ0n) is 13.5. The smallest absolute Gasteiger partial charge is 0.303 e. The first-order valence-corrected chi connectivity index (χ1v) is 7.41. The van der Waals surface area contributed by atoms with Crippen molar-refractivity contribution in [3.63, 3.8) is 0 Å². The van der Waals surface area contributed by atoms with Crippen LogP contribution in [0.1, 0.15) is 20.1 Å². The second-order valence-electron chi connectivity index (χ2n) is 5.47. The number of ether oxygens (including phenoxy) is 3. The van der Waals surface area contributed by atoms with Gasteiger partial charge in [0.15, 0.2) is 30.0 Å². The third kappa shape index (κ3) is 3.22. The molecule has 11 heteroatoms. The summed E-state index contributed by atoms with van der Waals surface area (Å²) in [6.07, 6.45) is -2.57. The number of carbonyl (C=O) groups excluding carboxylic acids is 2. The van der Waals surface area contributed by atoms with E-state index in [0.29, 0.717) is 5.52 Å². The number of hydrogen-bond acceptors (Lipinski definition) is 9. The number of nitrogens with zero attached hydrogens (tertiary/aromatic N) is 4. The Morgan fingerprint density at radius 2 is 2.08 bits per heavy atom. The van der Waals surface area contributed by atoms with Crippen LogP contribution in [-0.4, -0.2) is 56.4 Å². The molecule has 1 fully saturated rings. The first-order chi connectivity index (χ1) is 11.9. The maximum atomic E-state index is 14.9. The van der Waals surface area contributed by atoms with E-state index in [1.54, 1.807) is 0 Å². The highest BCUT2D eigenvalue weighted by Gasteiger charge is 2.49. The Morgan fingerprint density at radius 3 is 2.76 bits per heavy atom. The number of nitrogen functional groups attached to an aromatic ring is 1. The van der Waals surface area contributed by atoms with Crippen LogP contribution in [0.3, 0.4) is 0 Å². The van der Waals surface area contributed by atoms with Crippen molar-refractivity contribution in [3.05, 3.63) is 12.7 Å². The standard InChI is InChI=1S/C14H16FN5O5/c1-6(21)23-3-8-11(24-7(2)22)9(15)14(25-8)20-5-19-10-12(16)17-4-18-13(10)20/h4-5,8-9,11,14H,3H2,1-2H3,(H2,16,17,18)/t8-,9-,11-,14-/m1/s1. The molecule has 0 unspecified atom stereocenters. The Hall–Kier alpha value is -2.82. The molecular formula is C14H16FN5O5. The van der Waals surface area contributed by atoms with Gasteiger partial charge in [-0.3, -0.25) is 14.2 Å². The maximum Gasteiger partial charge on any atom is 0.303 e. The fraction of sp³-hybridized carbons (Fsp3) is 0.500. The Morgan fingerprint density at radius 1 is 1.32 bits per heavy atom. The van der Waals surface area contributed by atoms with Gasteiger partial charge in [0.1, 0.15) is 24.6 Å². The SMILES string of the molecule is CC(=O)OC[C@H]1O[C@@H](n2cnc3c(N)ncnc32)[C@H](F)[C@@H]1OC(C)=O. The lowest BCUT2D eigenvalue weighted by atomic mass is 10.1. The minimum absolute atomic E-state index is 0.144. The average molecular weight is 353 g/mol. The number of alkyl halides is 1. The summed E-state index contributed by atoms with van der Waals surface area (Å²) in [5.74, 6) is -1.09. The van der Waals surface area contributed by atoms with E-state index in [1.807, 2.05) is 0 Å². The van der Waals surface area contributed by atoms with Gasteiger partial charge in [0.2, 0.25) is 0 Å². The highest BCUT2D eigenvalue weighted by atomic mass is 19.1. The minimum atomic E-state index is -1.72. The van der Waals surface area contributed by atoms with E-state index in [9.17, 15) is 14.0 Å². The number of imidazole rings is 1. The summed E-state index contributed by atoms with van der Waals surface area (Å²) in [5.41, 5.74) is 6.29. The Labute approximate surface area is 141 Å². The molecule has 0 spiro atoms. The second kappa shape index (κ2) is 6.59. The molecule has 10 nitrogen and oxygen atoms in total. The summed E-state index contributed by atoms with van der Waals surface area (Å²) in [4.78, 5) is 34.2. The van der Waals surface area contributed by atoms with Gasteiger partial charge in [0.05, 0.1) is 6.33 Å². The molecule has 0 radical (unpaired) electrons. The molecule has 2 aromatic heterocycles. The zero-order chi connectivity index (χ0) is 18.1. The second-order valence-corrected chi connectivity index (χ2v) is 5.47. The molecule has 4 atom stereocenters. The van der Waals surface area contributed by atoms with Gasteiger partial charge in [-0.1, -0.05) is 0 Å². The van der Waals surface area contributed by atoms with Gasteiger partial charge in [-0.15, -0.1) is 0 Å². The number of anilines is 1. The molecule has 0 amide bonds. The molecule has 25 heavy (non-hydrogen) atoms. The quantitative estimate of drug-likeness (QED) is 0.762. The van der Waals surface area contributed by atoms with Crippen molar-refractivity contribution in [1.82, 2.24) is 19.5 Å². The zero-order valence-corrected chi connectivity index (χ0v) is 13.5. The molecule has 2 N–H and O–H groups in total. The summed E-state index contributed by atoms with van der Waals surface area (Å²) in [5, 5.41) is 0. The summed E-state index contributed by atoms with van der Waals surface area (Å²) < 4.78 is 31.7. The van der Waals surface area contributed by atoms with Gasteiger partial charge in [-0.2, -0.15) is 0 Å². The molecule has 0 saturated carbocycles. The van der Waals surface area contributed by atoms with Gasteiger partial charge in [-0.05, 0) is 0 Å². The number of nitrogens with two attached hydrogens (primary N) is 1. The fourth-order valence-corrected chi connectivity index (χ4v) is 2.64. The van der Waals surface area contributed by atoms with Crippen molar-refractivity contribution in [3.8, 4) is 0 Å². The van der Waals surface area contributed by atoms with Crippen molar-refractivity contribution >= 4 is 28.9 Å². The van der Waals surface area contributed by atoms with E-state index in [1.165, 1.54) is 24.1 Å². The maximum absolute atomic E-state index is 14.9. The van der Waals surface area contributed by atoms with Crippen LogP contribution >= 0.6 is 0 Å². The Bertz CT molecular complexity index is 812. The van der Waals surface area contributed by atoms with Crippen molar-refractivity contribution in [2.45, 2.75) is 38.5 Å². The van der Waals surface area contributed by atoms with Crippen molar-refractivity contribution in [2.75, 3.05) is 12.3 Å². The van der Waals surface area contributed by atoms with Gasteiger partial charge in [-0.25, -0.2) is 19.3 Å². The highest BCUT2D eigenvalue weighted by molar-refractivity contribution is 5.81. The lowest BCUT2D eigenvalue weighted by Gasteiger charge is -2.18. The number of halogens is 1. The number of rotatable bonds is 4. The van der Waals surface area contributed by atoms with E-state index in [2.05, 4.69) is 15.0 Å². The van der Waals surface area contributed by atoms with E-state index in [-0.39, 0.29) is 18.1 Å². The normalized spacial score (nSPS) is 25.9. The van der Waals surface area contributed by atoms with Crippen LogP contribution in [0.25, 0.3) is 11.2 Å². The van der Waals surface area contributed by atoms with Crippen LogP contribution in [0.2, 0.25) is 0 Å². The topological polar surface area (TPSA) is 131 Å². The molecule has 2 aromatic rings. The van der Waals surface area contributed by atoms with Crippen molar-refractivity contribution < 1.29 is 28.2 Å². The van der Waals surface area contributed by atoms with E-state index in [0.717, 1.165) is 6.92 Å². The third-order valence-electron chi connectivity index (χ3n) is 3.68.